The van der Waals surface area contributed by atoms with Crippen molar-refractivity contribution < 1.29 is 0 Å². The van der Waals surface area contributed by atoms with Crippen LogP contribution in [0.1, 0.15) is 5.56 Å². The first-order valence-corrected chi connectivity index (χ1v) is 8.79. The second-order valence-electron chi connectivity index (χ2n) is 6.48. The van der Waals surface area contributed by atoms with Crippen molar-refractivity contribution in [2.24, 2.45) is 0 Å². The number of halogens is 1. The molecule has 0 aliphatic rings. The van der Waals surface area contributed by atoms with Gasteiger partial charge < -0.3 is 9.97 Å². The van der Waals surface area contributed by atoms with E-state index in [0.717, 1.165) is 21.3 Å². The molecule has 3 N–H and O–H groups in total. The Labute approximate surface area is 160 Å². The number of hydrogen-bond donors (Lipinski definition) is 3. The van der Waals surface area contributed by atoms with Crippen LogP contribution < -0.4 is 16.5 Å². The number of hydrogen-bond acceptors (Lipinski definition) is 4. The zero-order valence-corrected chi connectivity index (χ0v) is 15.0. The number of fused-ring (bicyclic) bond motifs is 3. The van der Waals surface area contributed by atoms with Crippen LogP contribution in [0.25, 0.3) is 32.8 Å². The molecule has 2 aromatic carbocycles. The topological polar surface area (TPSA) is 116 Å². The molecule has 5 aromatic rings. The predicted molar refractivity (Wildman–Crippen MR) is 107 cm³/mol. The highest BCUT2D eigenvalue weighted by atomic mass is 35.5. The molecular weight excluding hydrogens is 382 g/mol. The van der Waals surface area contributed by atoms with Crippen LogP contribution in [0.3, 0.4) is 0 Å². The van der Waals surface area contributed by atoms with E-state index in [1.54, 1.807) is 18.5 Å². The van der Waals surface area contributed by atoms with Crippen molar-refractivity contribution in [2.75, 3.05) is 0 Å². The molecule has 0 radical (unpaired) electrons. The van der Waals surface area contributed by atoms with E-state index in [2.05, 4.69) is 20.1 Å². The van der Waals surface area contributed by atoms with Crippen molar-refractivity contribution in [3.8, 4) is 0 Å². The van der Waals surface area contributed by atoms with E-state index in [1.807, 2.05) is 18.2 Å². The van der Waals surface area contributed by atoms with Crippen LogP contribution in [0, 0.1) is 0 Å². The lowest BCUT2D eigenvalue weighted by Crippen LogP contribution is -2.34. The normalized spacial score (nSPS) is 11.6. The van der Waals surface area contributed by atoms with Crippen LogP contribution in [-0.2, 0) is 6.54 Å². The average Bonchev–Trinajstić information content (AvgIpc) is 3.13. The highest BCUT2D eigenvalue weighted by molar-refractivity contribution is 6.31. The summed E-state index contributed by atoms with van der Waals surface area (Å²) in [6, 6.07) is 10.1. The molecule has 3 aromatic heterocycles. The van der Waals surface area contributed by atoms with E-state index in [9.17, 15) is 14.4 Å². The van der Waals surface area contributed by atoms with Gasteiger partial charge in [0.15, 0.2) is 0 Å². The first-order chi connectivity index (χ1) is 13.5. The van der Waals surface area contributed by atoms with Crippen molar-refractivity contribution in [1.29, 1.82) is 0 Å². The Morgan fingerprint density at radius 1 is 1.04 bits per heavy atom. The maximum absolute atomic E-state index is 13.0. The number of H-pyrrole nitrogens is 3. The number of aromatic amines is 3. The van der Waals surface area contributed by atoms with Crippen LogP contribution in [0.4, 0.5) is 0 Å². The second-order valence-corrected chi connectivity index (χ2v) is 6.92. The van der Waals surface area contributed by atoms with Crippen LogP contribution in [0.5, 0.6) is 0 Å². The van der Waals surface area contributed by atoms with Crippen molar-refractivity contribution in [3.63, 3.8) is 0 Å². The van der Waals surface area contributed by atoms with Gasteiger partial charge in [0, 0.05) is 10.4 Å². The number of nitrogens with one attached hydrogen (secondary N) is 3. The van der Waals surface area contributed by atoms with Crippen molar-refractivity contribution >= 4 is 44.4 Å². The number of aromatic nitrogens is 5. The Balaban J connectivity index is 1.75. The molecule has 0 aliphatic heterocycles. The van der Waals surface area contributed by atoms with E-state index < -0.39 is 16.5 Å². The molecule has 5 rings (SSSR count). The number of benzene rings is 2. The molecule has 8 nitrogen and oxygen atoms in total. The van der Waals surface area contributed by atoms with E-state index in [1.165, 1.54) is 6.07 Å². The van der Waals surface area contributed by atoms with Gasteiger partial charge in [-0.3, -0.25) is 19.5 Å². The molecule has 0 spiro atoms. The number of imidazole rings is 1. The van der Waals surface area contributed by atoms with Gasteiger partial charge >= 0.3 is 0 Å². The summed E-state index contributed by atoms with van der Waals surface area (Å²) in [5.74, 6) is 0. The van der Waals surface area contributed by atoms with Gasteiger partial charge in [0.05, 0.1) is 29.4 Å². The lowest BCUT2D eigenvalue weighted by Gasteiger charge is -2.08. The standard InChI is InChI=1S/C19H12ClN5O3/c20-10-2-3-11-13(6-10)23-16-15(17(11)26)19(28)25(24-18(16)27)7-9-1-4-12-14(5-9)22-8-21-12/h1-6,8H,7H2,(H,21,22)(H,23,26)(H,24,27). The summed E-state index contributed by atoms with van der Waals surface area (Å²) in [4.78, 5) is 48.4. The first-order valence-electron chi connectivity index (χ1n) is 8.41. The zero-order chi connectivity index (χ0) is 19.4. The maximum atomic E-state index is 13.0. The Morgan fingerprint density at radius 3 is 2.75 bits per heavy atom. The lowest BCUT2D eigenvalue weighted by atomic mass is 10.1. The third kappa shape index (κ3) is 2.46. The van der Waals surface area contributed by atoms with Gasteiger partial charge in [-0.25, -0.2) is 9.67 Å². The number of pyridine rings is 1. The zero-order valence-electron chi connectivity index (χ0n) is 14.2. The summed E-state index contributed by atoms with van der Waals surface area (Å²) >= 11 is 5.96. The molecule has 0 atom stereocenters. The minimum absolute atomic E-state index is 0.0648. The van der Waals surface area contributed by atoms with E-state index in [0.29, 0.717) is 15.9 Å². The molecular formula is C19H12ClN5O3. The Bertz CT molecular complexity index is 1570. The summed E-state index contributed by atoms with van der Waals surface area (Å²) in [5.41, 5.74) is 1.09. The third-order valence-corrected chi connectivity index (χ3v) is 4.95. The smallest absolute Gasteiger partial charge is 0.287 e. The minimum Gasteiger partial charge on any atom is -0.350 e. The minimum atomic E-state index is -0.572. The van der Waals surface area contributed by atoms with Crippen molar-refractivity contribution in [1.82, 2.24) is 24.7 Å². The average molecular weight is 394 g/mol. The monoisotopic (exact) mass is 393 g/mol. The lowest BCUT2D eigenvalue weighted by molar-refractivity contribution is 0.636. The first kappa shape index (κ1) is 16.5. The molecule has 138 valence electrons. The fraction of sp³-hybridized carbons (Fsp3) is 0.0526. The van der Waals surface area contributed by atoms with Gasteiger partial charge in [0.25, 0.3) is 11.1 Å². The maximum Gasteiger partial charge on any atom is 0.287 e. The number of rotatable bonds is 2. The fourth-order valence-electron chi connectivity index (χ4n) is 3.38. The van der Waals surface area contributed by atoms with Gasteiger partial charge in [0.1, 0.15) is 10.9 Å². The molecule has 0 unspecified atom stereocenters. The van der Waals surface area contributed by atoms with Gasteiger partial charge in [-0.2, -0.15) is 0 Å². The van der Waals surface area contributed by atoms with E-state index >= 15 is 0 Å². The summed E-state index contributed by atoms with van der Waals surface area (Å²) in [6.45, 7) is 0.108. The molecule has 0 aliphatic carbocycles. The van der Waals surface area contributed by atoms with E-state index in [-0.39, 0.29) is 17.4 Å². The molecule has 0 amide bonds. The summed E-state index contributed by atoms with van der Waals surface area (Å²) in [6.07, 6.45) is 1.58. The molecule has 0 bridgehead atoms. The predicted octanol–water partition coefficient (Wildman–Crippen LogP) is 2.11. The number of nitrogens with zero attached hydrogens (tertiary/aromatic N) is 2. The van der Waals surface area contributed by atoms with Gasteiger partial charge in [-0.1, -0.05) is 17.7 Å². The quantitative estimate of drug-likeness (QED) is 0.398. The van der Waals surface area contributed by atoms with Gasteiger partial charge in [-0.05, 0) is 35.9 Å². The van der Waals surface area contributed by atoms with Crippen LogP contribution >= 0.6 is 11.6 Å². The highest BCUT2D eigenvalue weighted by Gasteiger charge is 2.15. The van der Waals surface area contributed by atoms with Crippen molar-refractivity contribution in [2.45, 2.75) is 6.54 Å². The molecule has 9 heteroatoms. The Morgan fingerprint density at radius 2 is 1.89 bits per heavy atom. The van der Waals surface area contributed by atoms with Gasteiger partial charge in [-0.15, -0.1) is 0 Å². The third-order valence-electron chi connectivity index (χ3n) is 4.71. The summed E-state index contributed by atoms with van der Waals surface area (Å²) in [5, 5.41) is 3.07. The highest BCUT2D eigenvalue weighted by Crippen LogP contribution is 2.16. The molecule has 3 heterocycles. The second kappa shape index (κ2) is 5.93. The molecule has 0 saturated carbocycles. The summed E-state index contributed by atoms with van der Waals surface area (Å²) in [7, 11) is 0. The Kier molecular flexibility index (Phi) is 3.50. The largest absolute Gasteiger partial charge is 0.350 e. The molecule has 28 heavy (non-hydrogen) atoms. The van der Waals surface area contributed by atoms with Crippen molar-refractivity contribution in [3.05, 3.63) is 84.2 Å². The molecule has 0 fully saturated rings. The molecule has 0 saturated heterocycles. The van der Waals surface area contributed by atoms with Crippen LogP contribution in [0.15, 0.2) is 57.1 Å². The SMILES string of the molecule is O=c1[nH]n(Cc2ccc3nc[nH]c3c2)c(=O)c2c(=O)c3ccc(Cl)cc3[nH]c12. The van der Waals surface area contributed by atoms with Crippen LogP contribution in [0.2, 0.25) is 5.02 Å². The van der Waals surface area contributed by atoms with Crippen LogP contribution in [-0.4, -0.2) is 24.7 Å². The van der Waals surface area contributed by atoms with Gasteiger partial charge in [0.2, 0.25) is 5.43 Å². The Hall–Kier alpha value is -3.65. The van der Waals surface area contributed by atoms with E-state index in [4.69, 9.17) is 11.6 Å². The fourth-order valence-corrected chi connectivity index (χ4v) is 3.55. The summed E-state index contributed by atoms with van der Waals surface area (Å²) < 4.78 is 1.14.